The molecule has 0 fully saturated rings. The summed E-state index contributed by atoms with van der Waals surface area (Å²) in [6.07, 6.45) is 1.67. The topological polar surface area (TPSA) is 161 Å². The molecule has 0 aromatic carbocycles. The zero-order valence-corrected chi connectivity index (χ0v) is 10.3. The van der Waals surface area contributed by atoms with Crippen LogP contribution in [0, 0.1) is 20.2 Å². The predicted molar refractivity (Wildman–Crippen MR) is 63.7 cm³/mol. The van der Waals surface area contributed by atoms with Gasteiger partial charge in [0, 0.05) is 12.2 Å². The molecule has 0 unspecified atom stereocenters. The van der Waals surface area contributed by atoms with Crippen molar-refractivity contribution in [1.82, 2.24) is 0 Å². The highest BCUT2D eigenvalue weighted by molar-refractivity contribution is 5.79. The third-order valence-corrected chi connectivity index (χ3v) is 1.24. The van der Waals surface area contributed by atoms with Crippen LogP contribution in [0.25, 0.3) is 0 Å². The minimum atomic E-state index is -2.06. The van der Waals surface area contributed by atoms with Crippen LogP contribution in [-0.2, 0) is 9.59 Å². The number of nitro groups is 2. The van der Waals surface area contributed by atoms with Crippen LogP contribution in [0.4, 0.5) is 0 Å². The van der Waals surface area contributed by atoms with Gasteiger partial charge in [-0.3, -0.25) is 20.2 Å². The van der Waals surface area contributed by atoms with Crippen LogP contribution in [0.3, 0.4) is 0 Å². The van der Waals surface area contributed by atoms with Gasteiger partial charge in [-0.2, -0.15) is 0 Å². The molecular weight excluding hydrogens is 264 g/mol. The monoisotopic (exact) mass is 278 g/mol. The molecule has 0 saturated carbocycles. The van der Waals surface area contributed by atoms with Crippen molar-refractivity contribution in [3.63, 3.8) is 0 Å². The van der Waals surface area contributed by atoms with Gasteiger partial charge >= 0.3 is 17.6 Å². The first-order chi connectivity index (χ1) is 8.43. The molecule has 2 N–H and O–H groups in total. The molecule has 0 radical (unpaired) electrons. The molecule has 0 heterocycles. The number of carboxylic acids is 2. The Kier molecular flexibility index (Phi) is 11.7. The number of carbonyl (C=O) groups is 2. The summed E-state index contributed by atoms with van der Waals surface area (Å²) in [7, 11) is 0. The van der Waals surface area contributed by atoms with E-state index in [4.69, 9.17) is 10.2 Å². The summed E-state index contributed by atoms with van der Waals surface area (Å²) in [5.74, 6) is -1.96. The Hall–Kier alpha value is -2.78. The molecule has 0 aliphatic heterocycles. The van der Waals surface area contributed by atoms with Crippen LogP contribution in [0.2, 0.25) is 0 Å². The van der Waals surface area contributed by atoms with Gasteiger partial charge in [-0.15, -0.1) is 0 Å². The summed E-state index contributed by atoms with van der Waals surface area (Å²) in [6, 6.07) is 0. The molecule has 0 atom stereocenters. The third-order valence-electron chi connectivity index (χ3n) is 1.24. The number of rotatable bonds is 4. The number of hydrogen-bond acceptors (Lipinski definition) is 6. The molecule has 0 rings (SSSR count). The zero-order valence-electron chi connectivity index (χ0n) is 10.3. The van der Waals surface area contributed by atoms with Crippen molar-refractivity contribution >= 4 is 11.9 Å². The van der Waals surface area contributed by atoms with Crippen LogP contribution in [0.5, 0.6) is 0 Å². The maximum atomic E-state index is 9.83. The largest absolute Gasteiger partial charge is 0.478 e. The number of hydrogen-bond donors (Lipinski definition) is 2. The van der Waals surface area contributed by atoms with Crippen LogP contribution in [-0.4, -0.2) is 37.7 Å². The van der Waals surface area contributed by atoms with Crippen molar-refractivity contribution < 1.29 is 29.6 Å². The maximum absolute atomic E-state index is 9.83. The molecule has 10 nitrogen and oxygen atoms in total. The first kappa shape index (κ1) is 21.5. The lowest BCUT2D eigenvalue weighted by molar-refractivity contribution is -0.787. The fraction of sp³-hybridized carbons (Fsp3) is 0.333. The average molecular weight is 278 g/mol. The molecule has 108 valence electrons. The summed E-state index contributed by atoms with van der Waals surface area (Å²) in [5, 5.41) is 34.9. The first-order valence-corrected chi connectivity index (χ1v) is 4.43. The quantitative estimate of drug-likeness (QED) is 0.330. The smallest absolute Gasteiger partial charge is 0.453 e. The highest BCUT2D eigenvalue weighted by Gasteiger charge is 2.43. The van der Waals surface area contributed by atoms with Crippen molar-refractivity contribution in [3.8, 4) is 0 Å². The van der Waals surface area contributed by atoms with Crippen molar-refractivity contribution in [2.75, 3.05) is 0 Å². The molecule has 0 saturated heterocycles. The van der Waals surface area contributed by atoms with Gasteiger partial charge in [0.1, 0.15) is 0 Å². The summed E-state index contributed by atoms with van der Waals surface area (Å²) in [6.45, 7) is 7.80. The molecule has 0 amide bonds. The third kappa shape index (κ3) is 15.2. The molecule has 0 aliphatic rings. The van der Waals surface area contributed by atoms with E-state index in [1.54, 1.807) is 0 Å². The number of aliphatic carboxylic acids is 2. The van der Waals surface area contributed by atoms with E-state index in [-0.39, 0.29) is 0 Å². The number of nitrogens with zero attached hydrogens (tertiary/aromatic N) is 2. The van der Waals surface area contributed by atoms with Crippen molar-refractivity contribution in [2.45, 2.75) is 19.5 Å². The molecule has 0 aromatic heterocycles. The second-order valence-corrected chi connectivity index (χ2v) is 3.09. The van der Waals surface area contributed by atoms with Gasteiger partial charge in [0.05, 0.1) is 23.7 Å². The lowest BCUT2D eigenvalue weighted by atomic mass is 10.3. The summed E-state index contributed by atoms with van der Waals surface area (Å²) in [5.41, 5.74) is -2.06. The highest BCUT2D eigenvalue weighted by Crippen LogP contribution is 2.06. The van der Waals surface area contributed by atoms with Crippen LogP contribution in [0.1, 0.15) is 13.8 Å². The maximum Gasteiger partial charge on any atom is 0.453 e. The summed E-state index contributed by atoms with van der Waals surface area (Å²) in [4.78, 5) is 36.3. The van der Waals surface area contributed by atoms with E-state index < -0.39 is 27.4 Å². The fourth-order valence-corrected chi connectivity index (χ4v) is 0.0667. The summed E-state index contributed by atoms with van der Waals surface area (Å²) >= 11 is 0. The van der Waals surface area contributed by atoms with Gasteiger partial charge in [0.25, 0.3) is 0 Å². The van der Waals surface area contributed by atoms with Gasteiger partial charge in [-0.05, 0) is 0 Å². The molecule has 0 bridgehead atoms. The van der Waals surface area contributed by atoms with Crippen molar-refractivity contribution in [3.05, 3.63) is 45.5 Å². The van der Waals surface area contributed by atoms with Gasteiger partial charge in [-0.25, -0.2) is 9.59 Å². The first-order valence-electron chi connectivity index (χ1n) is 4.43. The van der Waals surface area contributed by atoms with E-state index in [2.05, 4.69) is 13.2 Å². The van der Waals surface area contributed by atoms with Crippen LogP contribution in [0.15, 0.2) is 25.3 Å². The lowest BCUT2D eigenvalue weighted by Crippen LogP contribution is -2.39. The Labute approximate surface area is 108 Å². The lowest BCUT2D eigenvalue weighted by Gasteiger charge is -2.04. The highest BCUT2D eigenvalue weighted by atomic mass is 16.7. The standard InChI is InChI=1S/C3H6N2O4.2C3H4O2/c1-3(2,4(6)7)5(8)9;2*1-2-3(4)5/h1-2H3;2*2H,1H2,(H,4,5). The van der Waals surface area contributed by atoms with E-state index in [1.165, 1.54) is 0 Å². The van der Waals surface area contributed by atoms with Gasteiger partial charge in [-0.1, -0.05) is 13.2 Å². The van der Waals surface area contributed by atoms with Crippen LogP contribution >= 0.6 is 0 Å². The average Bonchev–Trinajstić information content (AvgIpc) is 2.29. The van der Waals surface area contributed by atoms with Gasteiger partial charge < -0.3 is 10.2 Å². The zero-order chi connectivity index (χ0) is 16.2. The normalized spacial score (nSPS) is 8.53. The minimum Gasteiger partial charge on any atom is -0.478 e. The van der Waals surface area contributed by atoms with E-state index in [0.29, 0.717) is 0 Å². The Bertz CT molecular complexity index is 340. The minimum absolute atomic E-state index is 0.833. The van der Waals surface area contributed by atoms with E-state index >= 15 is 0 Å². The molecule has 0 spiro atoms. The molecule has 0 aliphatic carbocycles. The SMILES string of the molecule is C=CC(=O)O.C=CC(=O)O.CC(C)([N+](=O)[O-])[N+](=O)[O-]. The molecule has 19 heavy (non-hydrogen) atoms. The van der Waals surface area contributed by atoms with E-state index in [1.807, 2.05) is 0 Å². The fourth-order valence-electron chi connectivity index (χ4n) is 0.0667. The second kappa shape index (κ2) is 10.4. The Morgan fingerprint density at radius 2 is 1.16 bits per heavy atom. The predicted octanol–water partition coefficient (Wildman–Crippen LogP) is 0.790. The summed E-state index contributed by atoms with van der Waals surface area (Å²) < 4.78 is 0. The molecular formula is C9H14N2O8. The second-order valence-electron chi connectivity index (χ2n) is 3.09. The van der Waals surface area contributed by atoms with Crippen LogP contribution < -0.4 is 0 Å². The van der Waals surface area contributed by atoms with E-state index in [9.17, 15) is 29.8 Å². The molecule has 0 aromatic rings. The Morgan fingerprint density at radius 1 is 1.00 bits per heavy atom. The molecule has 10 heteroatoms. The number of carboxylic acid groups (broad SMARTS) is 2. The van der Waals surface area contributed by atoms with Crippen molar-refractivity contribution in [1.29, 1.82) is 0 Å². The Balaban J connectivity index is -0.000000219. The Morgan fingerprint density at radius 3 is 1.16 bits per heavy atom. The van der Waals surface area contributed by atoms with Crippen molar-refractivity contribution in [2.24, 2.45) is 0 Å². The van der Waals surface area contributed by atoms with Gasteiger partial charge in [0.15, 0.2) is 0 Å². The van der Waals surface area contributed by atoms with Gasteiger partial charge in [0.2, 0.25) is 0 Å². The van der Waals surface area contributed by atoms with E-state index in [0.717, 1.165) is 26.0 Å².